The number of likely N-dealkylation sites (tertiary alicyclic amines) is 1. The van der Waals surface area contributed by atoms with Crippen LogP contribution in [0, 0.1) is 5.92 Å². The van der Waals surface area contributed by atoms with Crippen molar-refractivity contribution in [3.63, 3.8) is 0 Å². The highest BCUT2D eigenvalue weighted by atomic mass is 16.6. The zero-order valence-electron chi connectivity index (χ0n) is 27.6. The minimum absolute atomic E-state index is 0.0744. The fourth-order valence-corrected chi connectivity index (χ4v) is 6.22. The zero-order valence-corrected chi connectivity index (χ0v) is 27.6. The summed E-state index contributed by atoms with van der Waals surface area (Å²) in [5, 5.41) is 6.83. The van der Waals surface area contributed by atoms with Gasteiger partial charge < -0.3 is 19.9 Å². The molecule has 9 heteroatoms. The maximum atomic E-state index is 13.6. The molecule has 2 saturated heterocycles. The van der Waals surface area contributed by atoms with Crippen LogP contribution in [-0.4, -0.2) is 91.7 Å². The van der Waals surface area contributed by atoms with Gasteiger partial charge in [0.15, 0.2) is 0 Å². The van der Waals surface area contributed by atoms with Crippen molar-refractivity contribution in [2.24, 2.45) is 5.92 Å². The minimum Gasteiger partial charge on any atom is -0.446 e. The minimum atomic E-state index is -0.411. The molecule has 0 aliphatic carbocycles. The standard InChI is InChI=1S/C36H53N5O4/c1-29(2)37-35(43)31-20-25-39(26-21-31)22-12-5-9-19-34(42)38(3)27-28-45-36(44)41(40-23-13-6-14-24-40)33-18-11-10-17-32(33)30-15-7-4-8-16-30/h4,7-8,10-11,15-18,29,31H,5-6,9,12-14,19-28H2,1-3H3,(H,37,43). The number of likely N-dealkylation sites (N-methyl/N-ethyl adjacent to an activating group) is 1. The second kappa shape index (κ2) is 17.9. The molecule has 2 fully saturated rings. The monoisotopic (exact) mass is 619 g/mol. The molecule has 246 valence electrons. The van der Waals surface area contributed by atoms with E-state index >= 15 is 0 Å². The molecule has 1 N–H and O–H groups in total. The molecule has 2 aromatic carbocycles. The van der Waals surface area contributed by atoms with E-state index in [1.165, 1.54) is 0 Å². The van der Waals surface area contributed by atoms with Crippen LogP contribution in [0.5, 0.6) is 0 Å². The summed E-state index contributed by atoms with van der Waals surface area (Å²) in [6.45, 7) is 9.04. The smallest absolute Gasteiger partial charge is 0.429 e. The molecular weight excluding hydrogens is 566 g/mol. The first-order valence-corrected chi connectivity index (χ1v) is 17.0. The Bertz CT molecular complexity index is 1210. The Hall–Kier alpha value is -3.43. The first-order valence-electron chi connectivity index (χ1n) is 17.0. The number of nitrogens with one attached hydrogen (secondary N) is 1. The molecule has 0 saturated carbocycles. The topological polar surface area (TPSA) is 85.4 Å². The predicted octanol–water partition coefficient (Wildman–Crippen LogP) is 5.95. The van der Waals surface area contributed by atoms with Gasteiger partial charge in [-0.05, 0) is 83.6 Å². The number of nitrogens with zero attached hydrogens (tertiary/aromatic N) is 4. The van der Waals surface area contributed by atoms with Gasteiger partial charge in [-0.3, -0.25) is 9.59 Å². The molecule has 9 nitrogen and oxygen atoms in total. The predicted molar refractivity (Wildman–Crippen MR) is 180 cm³/mol. The number of anilines is 1. The first-order chi connectivity index (χ1) is 21.8. The number of hydrogen-bond acceptors (Lipinski definition) is 6. The number of ether oxygens (including phenoxy) is 1. The number of carbonyl (C=O) groups excluding carboxylic acids is 3. The fraction of sp³-hybridized carbons (Fsp3) is 0.583. The lowest BCUT2D eigenvalue weighted by atomic mass is 9.95. The van der Waals surface area contributed by atoms with Crippen LogP contribution in [0.25, 0.3) is 11.1 Å². The van der Waals surface area contributed by atoms with Crippen molar-refractivity contribution in [3.8, 4) is 11.1 Å². The SMILES string of the molecule is CC(C)NC(=O)C1CCN(CCCCCC(=O)N(C)CCOC(=O)N(c2ccccc2-c2ccccc2)N2CCCCC2)CC1. The van der Waals surface area contributed by atoms with Gasteiger partial charge in [0.1, 0.15) is 6.61 Å². The summed E-state index contributed by atoms with van der Waals surface area (Å²) in [5.41, 5.74) is 2.83. The van der Waals surface area contributed by atoms with Crippen LogP contribution >= 0.6 is 0 Å². The van der Waals surface area contributed by atoms with Crippen LogP contribution in [0.2, 0.25) is 0 Å². The van der Waals surface area contributed by atoms with E-state index in [0.29, 0.717) is 13.0 Å². The van der Waals surface area contributed by atoms with Gasteiger partial charge in [-0.1, -0.05) is 61.4 Å². The van der Waals surface area contributed by atoms with E-state index < -0.39 is 6.09 Å². The highest BCUT2D eigenvalue weighted by Crippen LogP contribution is 2.33. The average molecular weight is 620 g/mol. The third-order valence-electron chi connectivity index (χ3n) is 8.84. The lowest BCUT2D eigenvalue weighted by Gasteiger charge is -2.37. The number of hydrazine groups is 1. The average Bonchev–Trinajstić information content (AvgIpc) is 3.05. The van der Waals surface area contributed by atoms with Gasteiger partial charge in [0, 0.05) is 44.1 Å². The van der Waals surface area contributed by atoms with Crippen molar-refractivity contribution >= 4 is 23.6 Å². The van der Waals surface area contributed by atoms with E-state index in [1.54, 1.807) is 17.0 Å². The normalized spacial score (nSPS) is 16.4. The van der Waals surface area contributed by atoms with Gasteiger partial charge in [0.2, 0.25) is 11.8 Å². The number of carbonyl (C=O) groups is 3. The molecule has 2 heterocycles. The molecule has 0 bridgehead atoms. The fourth-order valence-electron chi connectivity index (χ4n) is 6.22. The van der Waals surface area contributed by atoms with Gasteiger partial charge in [-0.2, -0.15) is 0 Å². The molecule has 0 unspecified atom stereocenters. The van der Waals surface area contributed by atoms with E-state index in [9.17, 15) is 14.4 Å². The van der Waals surface area contributed by atoms with Crippen molar-refractivity contribution in [3.05, 3.63) is 54.6 Å². The largest absolute Gasteiger partial charge is 0.446 e. The van der Waals surface area contributed by atoms with E-state index in [2.05, 4.69) is 27.4 Å². The van der Waals surface area contributed by atoms with E-state index in [4.69, 9.17) is 4.74 Å². The Labute approximate surface area is 269 Å². The third-order valence-corrected chi connectivity index (χ3v) is 8.84. The lowest BCUT2D eigenvalue weighted by Crippen LogP contribution is -2.50. The zero-order chi connectivity index (χ0) is 32.0. The second-order valence-corrected chi connectivity index (χ2v) is 12.7. The molecule has 4 rings (SSSR count). The lowest BCUT2D eigenvalue weighted by molar-refractivity contribution is -0.130. The van der Waals surface area contributed by atoms with Crippen LogP contribution in [0.4, 0.5) is 10.5 Å². The Balaban J connectivity index is 1.19. The molecule has 0 spiro atoms. The molecule has 2 aliphatic rings. The van der Waals surface area contributed by atoms with Gasteiger partial charge in [-0.25, -0.2) is 14.8 Å². The van der Waals surface area contributed by atoms with Crippen molar-refractivity contribution in [1.29, 1.82) is 0 Å². The Morgan fingerprint density at radius 3 is 2.29 bits per heavy atom. The van der Waals surface area contributed by atoms with E-state index in [0.717, 1.165) is 101 Å². The van der Waals surface area contributed by atoms with Crippen LogP contribution in [-0.2, 0) is 14.3 Å². The molecule has 2 aliphatic heterocycles. The number of para-hydroxylation sites is 1. The van der Waals surface area contributed by atoms with Crippen LogP contribution in [0.3, 0.4) is 0 Å². The molecule has 0 radical (unpaired) electrons. The van der Waals surface area contributed by atoms with Crippen LogP contribution in [0.15, 0.2) is 54.6 Å². The molecule has 0 aromatic heterocycles. The summed E-state index contributed by atoms with van der Waals surface area (Å²) in [6, 6.07) is 18.3. The summed E-state index contributed by atoms with van der Waals surface area (Å²) in [6.07, 6.45) is 8.02. The van der Waals surface area contributed by atoms with Gasteiger partial charge in [0.25, 0.3) is 0 Å². The summed E-state index contributed by atoms with van der Waals surface area (Å²) in [5.74, 6) is 0.397. The summed E-state index contributed by atoms with van der Waals surface area (Å²) >= 11 is 0. The molecule has 0 atom stereocenters. The van der Waals surface area contributed by atoms with Gasteiger partial charge in [-0.15, -0.1) is 0 Å². The second-order valence-electron chi connectivity index (χ2n) is 12.7. The van der Waals surface area contributed by atoms with Crippen molar-refractivity contribution < 1.29 is 19.1 Å². The number of rotatable bonds is 14. The Kier molecular flexibility index (Phi) is 13.7. The highest BCUT2D eigenvalue weighted by Gasteiger charge is 2.29. The number of unbranched alkanes of at least 4 members (excludes halogenated alkanes) is 2. The van der Waals surface area contributed by atoms with Crippen molar-refractivity contribution in [1.82, 2.24) is 20.1 Å². The summed E-state index contributed by atoms with van der Waals surface area (Å²) in [7, 11) is 1.78. The number of hydrogen-bond donors (Lipinski definition) is 1. The number of amides is 3. The van der Waals surface area contributed by atoms with E-state index in [1.807, 2.05) is 56.3 Å². The third kappa shape index (κ3) is 10.6. The summed E-state index contributed by atoms with van der Waals surface area (Å²) in [4.78, 5) is 42.7. The summed E-state index contributed by atoms with van der Waals surface area (Å²) < 4.78 is 5.80. The van der Waals surface area contributed by atoms with Crippen molar-refractivity contribution in [2.45, 2.75) is 77.7 Å². The van der Waals surface area contributed by atoms with Gasteiger partial charge >= 0.3 is 6.09 Å². The van der Waals surface area contributed by atoms with Crippen LogP contribution in [0.1, 0.15) is 71.6 Å². The van der Waals surface area contributed by atoms with Crippen molar-refractivity contribution in [2.75, 3.05) is 57.9 Å². The molecule has 45 heavy (non-hydrogen) atoms. The molecule has 2 aromatic rings. The first kappa shape index (κ1) is 34.4. The molecule has 3 amide bonds. The maximum absolute atomic E-state index is 13.6. The van der Waals surface area contributed by atoms with E-state index in [-0.39, 0.29) is 30.4 Å². The Morgan fingerprint density at radius 2 is 1.58 bits per heavy atom. The highest BCUT2D eigenvalue weighted by molar-refractivity contribution is 5.93. The quantitative estimate of drug-likeness (QED) is 0.263. The number of piperidine rings is 2. The molecular formula is C36H53N5O4. The van der Waals surface area contributed by atoms with Gasteiger partial charge in [0.05, 0.1) is 12.2 Å². The maximum Gasteiger partial charge on any atom is 0.429 e. The number of benzene rings is 2. The Morgan fingerprint density at radius 1 is 0.889 bits per heavy atom. The van der Waals surface area contributed by atoms with Crippen LogP contribution < -0.4 is 10.3 Å².